The molecule has 12 heavy (non-hydrogen) atoms. The molecule has 1 atom stereocenters. The molecule has 4 nitrogen and oxygen atoms in total. The molecule has 0 saturated carbocycles. The Balaban J connectivity index is 2.27. The van der Waals surface area contributed by atoms with Crippen molar-refractivity contribution in [2.24, 2.45) is 4.99 Å². The Kier molecular flexibility index (Phi) is 3.40. The highest BCUT2D eigenvalue weighted by Gasteiger charge is 2.16. The van der Waals surface area contributed by atoms with Crippen LogP contribution >= 0.6 is 11.8 Å². The maximum Gasteiger partial charge on any atom is 0.413 e. The van der Waals surface area contributed by atoms with E-state index in [0.717, 1.165) is 6.54 Å². The topological polar surface area (TPSA) is 50.7 Å². The summed E-state index contributed by atoms with van der Waals surface area (Å²) in [7, 11) is 0. The third-order valence-electron chi connectivity index (χ3n) is 1.29. The smallest absolute Gasteiger partial charge is 0.413 e. The van der Waals surface area contributed by atoms with Crippen LogP contribution in [0.15, 0.2) is 4.99 Å². The number of carbonyl (C=O) groups excluding carboxylic acids is 1. The number of nitrogens with one attached hydrogen (secondary N) is 1. The van der Waals surface area contributed by atoms with E-state index >= 15 is 0 Å². The van der Waals surface area contributed by atoms with E-state index in [2.05, 4.69) is 17.2 Å². The summed E-state index contributed by atoms with van der Waals surface area (Å²) in [5.41, 5.74) is 0. The quantitative estimate of drug-likeness (QED) is 0.673. The lowest BCUT2D eigenvalue weighted by Gasteiger charge is -2.03. The van der Waals surface area contributed by atoms with Crippen LogP contribution in [0.3, 0.4) is 0 Å². The highest BCUT2D eigenvalue weighted by molar-refractivity contribution is 8.14. The van der Waals surface area contributed by atoms with E-state index in [9.17, 15) is 4.79 Å². The van der Waals surface area contributed by atoms with Crippen LogP contribution in [0.2, 0.25) is 0 Å². The van der Waals surface area contributed by atoms with Crippen molar-refractivity contribution in [1.29, 1.82) is 0 Å². The van der Waals surface area contributed by atoms with E-state index in [1.807, 2.05) is 0 Å². The number of thioether (sulfide) groups is 1. The number of nitrogens with zero attached hydrogens (tertiary/aromatic N) is 1. The summed E-state index contributed by atoms with van der Waals surface area (Å²) in [6.07, 6.45) is -0.419. The van der Waals surface area contributed by atoms with Crippen molar-refractivity contribution >= 4 is 23.0 Å². The molecule has 0 aromatic heterocycles. The Morgan fingerprint density at radius 2 is 2.67 bits per heavy atom. The lowest BCUT2D eigenvalue weighted by molar-refractivity contribution is 0.158. The van der Waals surface area contributed by atoms with Crippen LogP contribution in [0.25, 0.3) is 0 Å². The lowest BCUT2D eigenvalue weighted by atomic mass is 10.5. The molecule has 0 aromatic carbocycles. The van der Waals surface area contributed by atoms with Gasteiger partial charge in [0.15, 0.2) is 5.17 Å². The molecule has 0 bridgehead atoms. The number of aliphatic imine (C=N–C) groups is 1. The minimum Gasteiger partial charge on any atom is -0.450 e. The van der Waals surface area contributed by atoms with Gasteiger partial charge in [-0.3, -0.25) is 10.3 Å². The van der Waals surface area contributed by atoms with Gasteiger partial charge in [-0.2, -0.15) is 0 Å². The number of ether oxygens (including phenoxy) is 1. The molecule has 0 fully saturated rings. The summed E-state index contributed by atoms with van der Waals surface area (Å²) in [5, 5.41) is 3.69. The van der Waals surface area contributed by atoms with Crippen LogP contribution in [0, 0.1) is 0 Å². The number of carbonyl (C=O) groups is 1. The van der Waals surface area contributed by atoms with Gasteiger partial charge in [0.2, 0.25) is 0 Å². The summed E-state index contributed by atoms with van der Waals surface area (Å²) in [6.45, 7) is 4.99. The number of alkyl carbamates (subject to hydrolysis) is 1. The molecule has 1 rings (SSSR count). The first-order valence-corrected chi connectivity index (χ1v) is 4.75. The zero-order chi connectivity index (χ0) is 8.97. The van der Waals surface area contributed by atoms with Gasteiger partial charge in [-0.05, 0) is 6.92 Å². The molecule has 0 radical (unpaired) electrons. The Morgan fingerprint density at radius 3 is 3.17 bits per heavy atom. The molecule has 1 aliphatic rings. The number of hydrogen-bond acceptors (Lipinski definition) is 4. The third-order valence-corrected chi connectivity index (χ3v) is 2.30. The molecule has 1 heterocycles. The largest absolute Gasteiger partial charge is 0.450 e. The summed E-state index contributed by atoms with van der Waals surface area (Å²) in [5.74, 6) is 0. The first kappa shape index (κ1) is 9.38. The average Bonchev–Trinajstić information content (AvgIpc) is 2.36. The van der Waals surface area contributed by atoms with Crippen molar-refractivity contribution in [3.63, 3.8) is 0 Å². The minimum atomic E-state index is -0.419. The molecule has 0 aliphatic carbocycles. The zero-order valence-corrected chi connectivity index (χ0v) is 7.98. The molecule has 0 unspecified atom stereocenters. The van der Waals surface area contributed by atoms with E-state index in [1.165, 1.54) is 0 Å². The summed E-state index contributed by atoms with van der Waals surface area (Å²) >= 11 is 1.56. The van der Waals surface area contributed by atoms with Gasteiger partial charge in [0, 0.05) is 5.25 Å². The summed E-state index contributed by atoms with van der Waals surface area (Å²) in [4.78, 5) is 15.0. The van der Waals surface area contributed by atoms with Crippen LogP contribution < -0.4 is 5.32 Å². The molecule has 1 aliphatic heterocycles. The second-order valence-corrected chi connectivity index (χ2v) is 3.85. The molecule has 0 saturated heterocycles. The third kappa shape index (κ3) is 2.73. The molecule has 0 spiro atoms. The van der Waals surface area contributed by atoms with Gasteiger partial charge >= 0.3 is 6.09 Å². The maximum atomic E-state index is 10.9. The van der Waals surface area contributed by atoms with Gasteiger partial charge in [-0.1, -0.05) is 18.7 Å². The fourth-order valence-electron chi connectivity index (χ4n) is 0.800. The highest BCUT2D eigenvalue weighted by atomic mass is 32.2. The van der Waals surface area contributed by atoms with Crippen LogP contribution in [0.1, 0.15) is 13.8 Å². The van der Waals surface area contributed by atoms with Gasteiger partial charge in [-0.15, -0.1) is 0 Å². The van der Waals surface area contributed by atoms with Crippen molar-refractivity contribution in [3.8, 4) is 0 Å². The first-order chi connectivity index (χ1) is 5.72. The van der Waals surface area contributed by atoms with Crippen molar-refractivity contribution in [1.82, 2.24) is 5.32 Å². The summed E-state index contributed by atoms with van der Waals surface area (Å²) < 4.78 is 4.69. The standard InChI is InChI=1S/C7H12N2O2S/c1-3-11-7(10)9-6-8-4-5(2)12-6/h5H,3-4H2,1-2H3,(H,8,9,10)/t5-/m0/s1. The highest BCUT2D eigenvalue weighted by Crippen LogP contribution is 2.18. The Bertz CT molecular complexity index is 206. The number of hydrogen-bond donors (Lipinski definition) is 1. The van der Waals surface area contributed by atoms with Gasteiger partial charge < -0.3 is 4.74 Å². The molecule has 1 N–H and O–H groups in total. The number of amides is 1. The Hall–Kier alpha value is -0.710. The lowest BCUT2D eigenvalue weighted by Crippen LogP contribution is -2.28. The van der Waals surface area contributed by atoms with Crippen molar-refractivity contribution < 1.29 is 9.53 Å². The monoisotopic (exact) mass is 188 g/mol. The Morgan fingerprint density at radius 1 is 1.92 bits per heavy atom. The Labute approximate surface area is 75.8 Å². The molecule has 1 amide bonds. The van der Waals surface area contributed by atoms with Crippen LogP contribution in [0.4, 0.5) is 4.79 Å². The van der Waals surface area contributed by atoms with Gasteiger partial charge in [0.05, 0.1) is 13.2 Å². The molecular weight excluding hydrogens is 176 g/mol. The average molecular weight is 188 g/mol. The van der Waals surface area contributed by atoms with Crippen molar-refractivity contribution in [3.05, 3.63) is 0 Å². The van der Waals surface area contributed by atoms with E-state index in [1.54, 1.807) is 18.7 Å². The molecule has 68 valence electrons. The molecule has 5 heteroatoms. The normalized spacial score (nSPS) is 21.8. The minimum absolute atomic E-state index is 0.388. The van der Waals surface area contributed by atoms with Crippen LogP contribution in [0.5, 0.6) is 0 Å². The number of rotatable bonds is 1. The van der Waals surface area contributed by atoms with Crippen molar-refractivity contribution in [2.75, 3.05) is 13.2 Å². The van der Waals surface area contributed by atoms with Crippen LogP contribution in [-0.4, -0.2) is 29.7 Å². The maximum absolute atomic E-state index is 10.9. The van der Waals surface area contributed by atoms with E-state index in [0.29, 0.717) is 17.0 Å². The van der Waals surface area contributed by atoms with Crippen LogP contribution in [-0.2, 0) is 4.74 Å². The van der Waals surface area contributed by atoms with Gasteiger partial charge in [0.25, 0.3) is 0 Å². The summed E-state index contributed by atoms with van der Waals surface area (Å²) in [6, 6.07) is 0. The second-order valence-electron chi connectivity index (χ2n) is 2.42. The predicted octanol–water partition coefficient (Wildman–Crippen LogP) is 1.22. The number of amidine groups is 1. The molecular formula is C7H12N2O2S. The van der Waals surface area contributed by atoms with Crippen molar-refractivity contribution in [2.45, 2.75) is 19.1 Å². The zero-order valence-electron chi connectivity index (χ0n) is 7.16. The van der Waals surface area contributed by atoms with Gasteiger partial charge in [0.1, 0.15) is 0 Å². The first-order valence-electron chi connectivity index (χ1n) is 3.87. The van der Waals surface area contributed by atoms with E-state index in [4.69, 9.17) is 4.74 Å². The predicted molar refractivity (Wildman–Crippen MR) is 49.5 cm³/mol. The van der Waals surface area contributed by atoms with Gasteiger partial charge in [-0.25, -0.2) is 4.79 Å². The fraction of sp³-hybridized carbons (Fsp3) is 0.714. The SMILES string of the molecule is CCOC(=O)NC1=NC[C@H](C)S1. The van der Waals surface area contributed by atoms with E-state index in [-0.39, 0.29) is 0 Å². The van der Waals surface area contributed by atoms with E-state index < -0.39 is 6.09 Å². The fourth-order valence-corrected chi connectivity index (χ4v) is 1.62. The molecule has 0 aromatic rings. The second kappa shape index (κ2) is 4.35.